The first-order valence-electron chi connectivity index (χ1n) is 17.8. The SMILES string of the molecule is Cc1ccc(C(=O)C2=CC34C=CC25C(CCC2(C)C5CCC2(O)CN(Cc2ccc(OC(F)(F)F)cc2)CC(O)CO)C3(C)CCC(O)C4)s1. The van der Waals surface area contributed by atoms with E-state index in [-0.39, 0.29) is 48.4 Å². The Bertz CT molecular complexity index is 1690. The van der Waals surface area contributed by atoms with Crippen LogP contribution in [-0.4, -0.2) is 75.0 Å². The van der Waals surface area contributed by atoms with Crippen molar-refractivity contribution in [3.63, 3.8) is 0 Å². The van der Waals surface area contributed by atoms with Crippen molar-refractivity contribution in [3.8, 4) is 5.75 Å². The molecule has 1 aromatic heterocycles. The molecule has 2 bridgehead atoms. The molecule has 11 heteroatoms. The van der Waals surface area contributed by atoms with Gasteiger partial charge in [0.2, 0.25) is 0 Å². The van der Waals surface area contributed by atoms with E-state index in [1.165, 1.54) is 35.6 Å². The molecular weight excluding hydrogens is 667 g/mol. The Balaban J connectivity index is 1.24. The van der Waals surface area contributed by atoms with E-state index in [4.69, 9.17) is 0 Å². The highest BCUT2D eigenvalue weighted by atomic mass is 32.1. The van der Waals surface area contributed by atoms with Gasteiger partial charge in [-0.3, -0.25) is 9.69 Å². The summed E-state index contributed by atoms with van der Waals surface area (Å²) in [7, 11) is 0. The van der Waals surface area contributed by atoms with E-state index < -0.39 is 47.0 Å². The van der Waals surface area contributed by atoms with Gasteiger partial charge in [-0.25, -0.2) is 0 Å². The molecule has 8 rings (SSSR count). The average molecular weight is 716 g/mol. The van der Waals surface area contributed by atoms with Crippen molar-refractivity contribution < 1.29 is 43.1 Å². The van der Waals surface area contributed by atoms with Crippen LogP contribution in [0.5, 0.6) is 5.75 Å². The standard InChI is InChI=1S/C39H48F3NO6S/c1-24-4-9-30(50-24)33(47)29-19-36-16-17-38(29)31(34(36,2)13-10-26(45)18-36)11-14-35(3)32(38)12-15-37(35,48)23-43(21-27(46)22-44)20-25-5-7-28(8-6-25)49-39(40,41)42/h4-9,16-17,19,26-27,31-32,44-46,48H,10-15,18,20-23H2,1-3H3. The highest BCUT2D eigenvalue weighted by Gasteiger charge is 2.74. The number of aliphatic hydroxyl groups excluding tert-OH is 3. The van der Waals surface area contributed by atoms with Crippen LogP contribution < -0.4 is 4.74 Å². The molecule has 9 atom stereocenters. The summed E-state index contributed by atoms with van der Waals surface area (Å²) < 4.78 is 42.3. The molecule has 272 valence electrons. The predicted molar refractivity (Wildman–Crippen MR) is 183 cm³/mol. The van der Waals surface area contributed by atoms with E-state index in [0.717, 1.165) is 36.1 Å². The van der Waals surface area contributed by atoms with Crippen LogP contribution in [0.15, 0.2) is 60.2 Å². The molecule has 9 unspecified atom stereocenters. The zero-order valence-electron chi connectivity index (χ0n) is 28.9. The van der Waals surface area contributed by atoms with Gasteiger partial charge >= 0.3 is 6.36 Å². The maximum absolute atomic E-state index is 14.7. The second-order valence-electron chi connectivity index (χ2n) is 16.2. The second-order valence-corrected chi connectivity index (χ2v) is 17.5. The monoisotopic (exact) mass is 715 g/mol. The molecule has 0 aliphatic heterocycles. The fraction of sp³-hybridized carbons (Fsp3) is 0.615. The summed E-state index contributed by atoms with van der Waals surface area (Å²) in [5.74, 6) is -0.207. The van der Waals surface area contributed by atoms with Gasteiger partial charge in [0, 0.05) is 46.3 Å². The third-order valence-corrected chi connectivity index (χ3v) is 14.6. The molecule has 3 fully saturated rings. The first-order chi connectivity index (χ1) is 23.5. The second kappa shape index (κ2) is 12.3. The number of fused-ring (bicyclic) bond motifs is 1. The number of alkyl halides is 3. The minimum Gasteiger partial charge on any atom is -0.406 e. The van der Waals surface area contributed by atoms with E-state index >= 15 is 0 Å². The number of ether oxygens (including phenoxy) is 1. The van der Waals surface area contributed by atoms with Crippen molar-refractivity contribution >= 4 is 17.1 Å². The number of nitrogens with zero attached hydrogens (tertiary/aromatic N) is 1. The van der Waals surface area contributed by atoms with Crippen LogP contribution in [0.4, 0.5) is 13.2 Å². The third kappa shape index (κ3) is 5.53. The molecule has 7 nitrogen and oxygen atoms in total. The molecule has 50 heavy (non-hydrogen) atoms. The van der Waals surface area contributed by atoms with Gasteiger partial charge in [0.05, 0.1) is 29.3 Å². The maximum Gasteiger partial charge on any atom is 0.573 e. The first-order valence-corrected chi connectivity index (χ1v) is 18.6. The number of rotatable bonds is 10. The molecule has 0 saturated heterocycles. The number of halogens is 3. The van der Waals surface area contributed by atoms with Crippen molar-refractivity contribution in [2.24, 2.45) is 33.5 Å². The molecule has 1 heterocycles. The Hall–Kier alpha value is -2.54. The Kier molecular flexibility index (Phi) is 8.80. The van der Waals surface area contributed by atoms with Gasteiger partial charge in [0.1, 0.15) is 5.75 Å². The molecule has 6 aliphatic rings. The van der Waals surface area contributed by atoms with Crippen LogP contribution in [0.3, 0.4) is 0 Å². The van der Waals surface area contributed by atoms with Gasteiger partial charge in [-0.15, -0.1) is 24.5 Å². The van der Waals surface area contributed by atoms with Crippen LogP contribution in [0, 0.1) is 40.4 Å². The summed E-state index contributed by atoms with van der Waals surface area (Å²) in [5.41, 5.74) is -1.55. The van der Waals surface area contributed by atoms with Crippen molar-refractivity contribution in [2.75, 3.05) is 19.7 Å². The summed E-state index contributed by atoms with van der Waals surface area (Å²) in [6, 6.07) is 9.44. The number of allylic oxidation sites excluding steroid dienone is 4. The van der Waals surface area contributed by atoms with E-state index in [1.807, 2.05) is 24.0 Å². The summed E-state index contributed by atoms with van der Waals surface area (Å²) in [6.45, 7) is 6.47. The van der Waals surface area contributed by atoms with Gasteiger partial charge in [-0.1, -0.05) is 44.2 Å². The maximum atomic E-state index is 14.7. The molecular formula is C39H48F3NO6S. The number of ketones is 1. The van der Waals surface area contributed by atoms with Crippen molar-refractivity contribution in [1.82, 2.24) is 4.90 Å². The van der Waals surface area contributed by atoms with Crippen molar-refractivity contribution in [2.45, 2.75) is 96.4 Å². The molecule has 1 aromatic carbocycles. The van der Waals surface area contributed by atoms with Crippen LogP contribution in [0.2, 0.25) is 0 Å². The van der Waals surface area contributed by atoms with Crippen LogP contribution in [-0.2, 0) is 6.54 Å². The molecule has 2 aromatic rings. The van der Waals surface area contributed by atoms with Crippen LogP contribution in [0.25, 0.3) is 0 Å². The summed E-state index contributed by atoms with van der Waals surface area (Å²) >= 11 is 1.50. The number of carbonyl (C=O) groups is 1. The van der Waals surface area contributed by atoms with Crippen molar-refractivity contribution in [1.29, 1.82) is 0 Å². The number of carbonyl (C=O) groups excluding carboxylic acids is 1. The quantitative estimate of drug-likeness (QED) is 0.163. The number of aryl methyl sites for hydroxylation is 1. The Morgan fingerprint density at radius 1 is 1.02 bits per heavy atom. The normalized spacial score (nSPS) is 38.0. The minimum atomic E-state index is -4.81. The Morgan fingerprint density at radius 2 is 1.70 bits per heavy atom. The highest BCUT2D eigenvalue weighted by molar-refractivity contribution is 7.14. The van der Waals surface area contributed by atoms with E-state index in [0.29, 0.717) is 29.7 Å². The van der Waals surface area contributed by atoms with Crippen LogP contribution >= 0.6 is 11.3 Å². The molecule has 2 spiro atoms. The number of thiophene rings is 1. The first kappa shape index (κ1) is 35.8. The molecule has 0 radical (unpaired) electrons. The topological polar surface area (TPSA) is 110 Å². The van der Waals surface area contributed by atoms with Gasteiger partial charge in [-0.2, -0.15) is 0 Å². The lowest BCUT2D eigenvalue weighted by atomic mass is 9.32. The Morgan fingerprint density at radius 3 is 2.36 bits per heavy atom. The number of benzene rings is 1. The minimum absolute atomic E-state index is 0.0317. The largest absolute Gasteiger partial charge is 0.573 e. The van der Waals surface area contributed by atoms with Crippen molar-refractivity contribution in [3.05, 3.63) is 75.5 Å². The fourth-order valence-corrected chi connectivity index (χ4v) is 12.1. The Labute approximate surface area is 295 Å². The lowest BCUT2D eigenvalue weighted by molar-refractivity contribution is -0.274. The fourth-order valence-electron chi connectivity index (χ4n) is 11.3. The lowest BCUT2D eigenvalue weighted by Gasteiger charge is -2.71. The van der Waals surface area contributed by atoms with Crippen LogP contribution in [0.1, 0.15) is 78.9 Å². The average Bonchev–Trinajstić information content (AvgIpc) is 3.60. The summed E-state index contributed by atoms with van der Waals surface area (Å²) in [6.07, 6.45) is 5.32. The van der Waals surface area contributed by atoms with Gasteiger partial charge in [0.15, 0.2) is 5.78 Å². The van der Waals surface area contributed by atoms with E-state index in [2.05, 4.69) is 36.8 Å². The zero-order chi connectivity index (χ0) is 35.9. The van der Waals surface area contributed by atoms with E-state index in [9.17, 15) is 38.4 Å². The van der Waals surface area contributed by atoms with E-state index in [1.54, 1.807) is 0 Å². The molecule has 3 saturated carbocycles. The molecule has 6 aliphatic carbocycles. The number of hydrogen-bond acceptors (Lipinski definition) is 8. The highest BCUT2D eigenvalue weighted by Crippen LogP contribution is 2.78. The third-order valence-electron chi connectivity index (χ3n) is 13.6. The number of hydrogen-bond donors (Lipinski definition) is 4. The zero-order valence-corrected chi connectivity index (χ0v) is 29.7. The number of Topliss-reactive ketones (excluding diaryl/α,β-unsaturated/α-hetero) is 1. The van der Waals surface area contributed by atoms with Gasteiger partial charge in [0.25, 0.3) is 0 Å². The summed E-state index contributed by atoms with van der Waals surface area (Å²) in [4.78, 5) is 18.3. The molecule has 0 amide bonds. The van der Waals surface area contributed by atoms with Gasteiger partial charge < -0.3 is 25.2 Å². The number of aliphatic hydroxyl groups is 4. The molecule has 4 N–H and O–H groups in total. The smallest absolute Gasteiger partial charge is 0.406 e. The van der Waals surface area contributed by atoms with Gasteiger partial charge in [-0.05, 0) is 98.9 Å². The lowest BCUT2D eigenvalue weighted by Crippen LogP contribution is -2.67. The predicted octanol–water partition coefficient (Wildman–Crippen LogP) is 6.58. The summed E-state index contributed by atoms with van der Waals surface area (Å²) in [5, 5.41) is 44.1.